The minimum absolute atomic E-state index is 0.0181. The molecule has 0 atom stereocenters. The monoisotopic (exact) mass is 1370 g/mol. The summed E-state index contributed by atoms with van der Waals surface area (Å²) in [6.07, 6.45) is 48.8. The van der Waals surface area contributed by atoms with Crippen LogP contribution in [-0.4, -0.2) is 158 Å². The molecule has 0 spiro atoms. The maximum atomic E-state index is 13.6. The summed E-state index contributed by atoms with van der Waals surface area (Å²) in [6, 6.07) is 0. The molecule has 19 nitrogen and oxygen atoms in total. The molecule has 97 heavy (non-hydrogen) atoms. The number of hydrogen-bond donors (Lipinski definition) is 7. The highest BCUT2D eigenvalue weighted by Gasteiger charge is 2.18. The summed E-state index contributed by atoms with van der Waals surface area (Å²) >= 11 is 0. The van der Waals surface area contributed by atoms with Crippen molar-refractivity contribution in [1.29, 1.82) is 0 Å². The van der Waals surface area contributed by atoms with Crippen molar-refractivity contribution in [2.75, 3.05) is 85.1 Å². The van der Waals surface area contributed by atoms with Crippen LogP contribution >= 0.6 is 0 Å². The number of hydrogen-bond acceptors (Lipinski definition) is 10. The van der Waals surface area contributed by atoms with Gasteiger partial charge >= 0.3 is 5.97 Å². The zero-order chi connectivity index (χ0) is 71.1. The topological polar surface area (TPSA) is 256 Å². The number of carbonyl (C=O) groups excluding carboxylic acids is 8. The first kappa shape index (κ1) is 92.2. The minimum atomic E-state index is -0.879. The molecule has 0 saturated heterocycles. The lowest BCUT2D eigenvalue weighted by atomic mass is 10.1. The van der Waals surface area contributed by atoms with Crippen LogP contribution in [0.3, 0.4) is 0 Å². The average Bonchev–Trinajstić information content (AvgIpc) is 2.71. The Bertz CT molecular complexity index is 1740. The van der Waals surface area contributed by atoms with Crippen molar-refractivity contribution in [3.63, 3.8) is 0 Å². The molecule has 0 aromatic carbocycles. The van der Waals surface area contributed by atoms with Crippen LogP contribution in [0.5, 0.6) is 0 Å². The van der Waals surface area contributed by atoms with Gasteiger partial charge in [0.2, 0.25) is 47.3 Å². The Morgan fingerprint density at radius 2 is 0.412 bits per heavy atom. The van der Waals surface area contributed by atoms with Crippen LogP contribution < -0.4 is 31.9 Å². The first-order valence-corrected chi connectivity index (χ1v) is 40.4. The third-order valence-corrected chi connectivity index (χ3v) is 18.4. The van der Waals surface area contributed by atoms with Crippen LogP contribution in [0.2, 0.25) is 0 Å². The molecule has 0 radical (unpaired) electrons. The molecule has 0 aliphatic rings. The lowest BCUT2D eigenvalue weighted by Gasteiger charge is -2.23. The van der Waals surface area contributed by atoms with Gasteiger partial charge in [0.15, 0.2) is 0 Å². The van der Waals surface area contributed by atoms with Gasteiger partial charge in [0.25, 0.3) is 0 Å². The molecule has 0 saturated carbocycles. The first-order valence-electron chi connectivity index (χ1n) is 40.4. The van der Waals surface area contributed by atoms with Crippen molar-refractivity contribution in [3.05, 3.63) is 0 Å². The van der Waals surface area contributed by atoms with E-state index in [-0.39, 0.29) is 79.4 Å². The largest absolute Gasteiger partial charge is 0.481 e. The molecule has 0 heterocycles. The Morgan fingerprint density at radius 1 is 0.216 bits per heavy atom. The van der Waals surface area contributed by atoms with E-state index in [0.717, 1.165) is 77.0 Å². The van der Waals surface area contributed by atoms with Crippen molar-refractivity contribution in [2.24, 2.45) is 0 Å². The highest BCUT2D eigenvalue weighted by Crippen LogP contribution is 2.15. The van der Waals surface area contributed by atoms with Crippen LogP contribution in [0.1, 0.15) is 362 Å². The average molecular weight is 1370 g/mol. The van der Waals surface area contributed by atoms with Gasteiger partial charge in [-0.2, -0.15) is 0 Å². The fourth-order valence-electron chi connectivity index (χ4n) is 12.2. The molecular formula is C78H149N9O10. The zero-order valence-electron chi connectivity index (χ0n) is 62.9. The minimum Gasteiger partial charge on any atom is -0.481 e. The standard InChI is InChI=1S/C78H149N9O10/c1-5-9-13-17-21-25-29-33-37-48-70(88)79-59-44-66-86(67-45-60-80-71(89)49-38-34-30-26-22-18-14-10-6-2)76(94)55-53-74(92)83-57-42-64-85(63-41-52-78(96)97)65-43-58-84-75(93)54-56-77(95)87(68-46-61-81-72(90)50-39-35-31-27-23-19-15-11-7-3)69-47-62-82-73(91)51-40-36-32-28-24-20-16-12-8-4/h5-69H2,1-4H3,(H,79,88)(H,80,89)(H,81,90)(H,82,91)(H,83,92)(H,84,93)(H,96,97). The van der Waals surface area contributed by atoms with Crippen molar-refractivity contribution >= 4 is 53.2 Å². The molecule has 0 aromatic rings. The second kappa shape index (κ2) is 71.0. The Labute approximate surface area is 592 Å². The van der Waals surface area contributed by atoms with E-state index in [4.69, 9.17) is 0 Å². The number of carboxylic acids is 1. The third-order valence-electron chi connectivity index (χ3n) is 18.4. The fraction of sp³-hybridized carbons (Fsp3) is 0.885. The number of carboxylic acid groups (broad SMARTS) is 1. The molecule has 0 rings (SSSR count). The molecule has 8 amide bonds. The van der Waals surface area contributed by atoms with Gasteiger partial charge in [-0.05, 0) is 90.3 Å². The first-order chi connectivity index (χ1) is 47.3. The van der Waals surface area contributed by atoms with E-state index in [1.165, 1.54) is 154 Å². The highest BCUT2D eigenvalue weighted by molar-refractivity contribution is 5.84. The fourth-order valence-corrected chi connectivity index (χ4v) is 12.2. The van der Waals surface area contributed by atoms with Gasteiger partial charge in [-0.15, -0.1) is 0 Å². The van der Waals surface area contributed by atoms with E-state index < -0.39 is 5.97 Å². The second-order valence-electron chi connectivity index (χ2n) is 27.6. The second-order valence-corrected chi connectivity index (χ2v) is 27.6. The van der Waals surface area contributed by atoms with E-state index in [2.05, 4.69) is 64.5 Å². The van der Waals surface area contributed by atoms with Crippen LogP contribution in [-0.2, 0) is 43.2 Å². The Hall–Kier alpha value is -4.81. The zero-order valence-corrected chi connectivity index (χ0v) is 62.9. The summed E-state index contributed by atoms with van der Waals surface area (Å²) in [5.74, 6) is -1.55. The van der Waals surface area contributed by atoms with Gasteiger partial charge in [-0.1, -0.05) is 233 Å². The van der Waals surface area contributed by atoms with Crippen molar-refractivity contribution in [3.8, 4) is 0 Å². The quantitative estimate of drug-likeness (QED) is 0.0282. The molecule has 0 bridgehead atoms. The van der Waals surface area contributed by atoms with Crippen LogP contribution in [0.15, 0.2) is 0 Å². The summed E-state index contributed by atoms with van der Waals surface area (Å²) in [5.41, 5.74) is 0. The van der Waals surface area contributed by atoms with Gasteiger partial charge in [0, 0.05) is 123 Å². The molecule has 0 fully saturated rings. The van der Waals surface area contributed by atoms with Gasteiger partial charge in [-0.3, -0.25) is 43.2 Å². The number of carbonyl (C=O) groups is 9. The molecule has 7 N–H and O–H groups in total. The molecule has 19 heteroatoms. The molecule has 0 aliphatic carbocycles. The number of nitrogens with zero attached hydrogens (tertiary/aromatic N) is 3. The molecular weight excluding hydrogens is 1220 g/mol. The molecule has 0 aromatic heterocycles. The number of amides is 8. The SMILES string of the molecule is CCCCCCCCCCCC(=O)NCCCN(CCCNC(=O)CCCCCCCCCCC)C(=O)CCC(=O)NCCCN(CCCNC(=O)CCC(=O)N(CCCNC(=O)CCCCCCCCCCC)CCCNC(=O)CCCCCCCCCCC)CCCC(=O)O. The van der Waals surface area contributed by atoms with Gasteiger partial charge < -0.3 is 51.7 Å². The number of unbranched alkanes of at least 4 members (excludes halogenated alkanes) is 32. The van der Waals surface area contributed by atoms with Crippen LogP contribution in [0, 0.1) is 0 Å². The predicted molar refractivity (Wildman–Crippen MR) is 398 cm³/mol. The predicted octanol–water partition coefficient (Wildman–Crippen LogP) is 15.1. The molecule has 0 unspecified atom stereocenters. The maximum Gasteiger partial charge on any atom is 0.303 e. The van der Waals surface area contributed by atoms with Crippen molar-refractivity contribution in [2.45, 2.75) is 362 Å². The lowest BCUT2D eigenvalue weighted by molar-refractivity contribution is -0.137. The molecule has 0 aliphatic heterocycles. The van der Waals surface area contributed by atoms with Crippen LogP contribution in [0.4, 0.5) is 0 Å². The summed E-state index contributed by atoms with van der Waals surface area (Å²) in [4.78, 5) is 121. The number of nitrogens with one attached hydrogen (secondary N) is 6. The Balaban J connectivity index is 5.21. The van der Waals surface area contributed by atoms with Gasteiger partial charge in [-0.25, -0.2) is 0 Å². The Kier molecular flexibility index (Phi) is 67.5. The van der Waals surface area contributed by atoms with E-state index in [1.54, 1.807) is 9.80 Å². The molecule has 566 valence electrons. The van der Waals surface area contributed by atoms with E-state index in [9.17, 15) is 48.3 Å². The maximum absolute atomic E-state index is 13.6. The van der Waals surface area contributed by atoms with E-state index >= 15 is 0 Å². The number of rotatable bonds is 74. The third kappa shape index (κ3) is 65.6. The normalized spacial score (nSPS) is 11.2. The van der Waals surface area contributed by atoms with Gasteiger partial charge in [0.05, 0.1) is 0 Å². The summed E-state index contributed by atoms with van der Waals surface area (Å²) in [7, 11) is 0. The van der Waals surface area contributed by atoms with E-state index in [0.29, 0.717) is 156 Å². The highest BCUT2D eigenvalue weighted by atomic mass is 16.4. The van der Waals surface area contributed by atoms with Gasteiger partial charge in [0.1, 0.15) is 0 Å². The van der Waals surface area contributed by atoms with E-state index in [1.807, 2.05) is 0 Å². The number of aliphatic carboxylic acids is 1. The lowest BCUT2D eigenvalue weighted by Crippen LogP contribution is -2.37. The van der Waals surface area contributed by atoms with Crippen molar-refractivity contribution in [1.82, 2.24) is 46.6 Å². The smallest absolute Gasteiger partial charge is 0.303 e. The summed E-state index contributed by atoms with van der Waals surface area (Å²) in [6.45, 7) is 14.9. The Morgan fingerprint density at radius 3 is 0.639 bits per heavy atom. The van der Waals surface area contributed by atoms with Crippen LogP contribution in [0.25, 0.3) is 0 Å². The summed E-state index contributed by atoms with van der Waals surface area (Å²) < 4.78 is 0. The van der Waals surface area contributed by atoms with Crippen molar-refractivity contribution < 1.29 is 48.3 Å². The summed E-state index contributed by atoms with van der Waals surface area (Å²) in [5, 5.41) is 27.3.